The molecule has 1 unspecified atom stereocenters. The quantitative estimate of drug-likeness (QED) is 0.843. The van der Waals surface area contributed by atoms with Crippen LogP contribution in [0.2, 0.25) is 0 Å². The number of nitrogens with zero attached hydrogens (tertiary/aromatic N) is 2. The number of hydrogen-bond donors (Lipinski definition) is 0. The molecule has 5 nitrogen and oxygen atoms in total. The van der Waals surface area contributed by atoms with Crippen molar-refractivity contribution in [2.45, 2.75) is 52.7 Å². The van der Waals surface area contributed by atoms with Crippen LogP contribution in [0.25, 0.3) is 0 Å². The summed E-state index contributed by atoms with van der Waals surface area (Å²) in [4.78, 5) is 28.7. The van der Waals surface area contributed by atoms with E-state index in [0.717, 1.165) is 5.56 Å². The van der Waals surface area contributed by atoms with Gasteiger partial charge in [0.05, 0.1) is 6.04 Å². The van der Waals surface area contributed by atoms with Gasteiger partial charge in [-0.15, -0.1) is 0 Å². The van der Waals surface area contributed by atoms with Gasteiger partial charge >= 0.3 is 6.09 Å². The Morgan fingerprint density at radius 3 is 2.36 bits per heavy atom. The fourth-order valence-corrected chi connectivity index (χ4v) is 3.04. The molecular weight excluding hydrogens is 316 g/mol. The first-order valence-electron chi connectivity index (χ1n) is 8.99. The zero-order valence-corrected chi connectivity index (χ0v) is 16.0. The number of hydrogen-bond acceptors (Lipinski definition) is 3. The topological polar surface area (TPSA) is 49.9 Å². The fourth-order valence-electron chi connectivity index (χ4n) is 3.04. The zero-order chi connectivity index (χ0) is 18.6. The maximum atomic E-state index is 12.6. The van der Waals surface area contributed by atoms with Crippen LogP contribution in [0, 0.1) is 5.92 Å². The van der Waals surface area contributed by atoms with Gasteiger partial charge in [0.15, 0.2) is 0 Å². The molecule has 1 aromatic rings. The van der Waals surface area contributed by atoms with Gasteiger partial charge in [0.2, 0.25) is 5.91 Å². The normalized spacial score (nSPS) is 18.4. The lowest BCUT2D eigenvalue weighted by atomic mass is 10.0. The zero-order valence-electron chi connectivity index (χ0n) is 16.0. The van der Waals surface area contributed by atoms with Gasteiger partial charge in [0, 0.05) is 25.6 Å². The van der Waals surface area contributed by atoms with E-state index in [2.05, 4.69) is 12.1 Å². The molecule has 1 saturated heterocycles. The van der Waals surface area contributed by atoms with Crippen LogP contribution in [0.3, 0.4) is 0 Å². The third-order valence-electron chi connectivity index (χ3n) is 4.23. The predicted octanol–water partition coefficient (Wildman–Crippen LogP) is 3.33. The molecular formula is C20H30N2O3. The van der Waals surface area contributed by atoms with Crippen molar-refractivity contribution >= 4 is 12.0 Å². The summed E-state index contributed by atoms with van der Waals surface area (Å²) in [5.41, 5.74) is 0.624. The summed E-state index contributed by atoms with van der Waals surface area (Å²) in [7, 11) is 0. The van der Waals surface area contributed by atoms with Crippen LogP contribution in [0.15, 0.2) is 30.3 Å². The molecule has 0 aliphatic carbocycles. The number of carbonyl (C=O) groups excluding carboxylic acids is 2. The average Bonchev–Trinajstić information content (AvgIpc) is 2.53. The molecule has 1 heterocycles. The van der Waals surface area contributed by atoms with Crippen molar-refractivity contribution in [3.8, 4) is 0 Å². The summed E-state index contributed by atoms with van der Waals surface area (Å²) in [6, 6.07) is 9.99. The van der Waals surface area contributed by atoms with Crippen molar-refractivity contribution in [1.29, 1.82) is 0 Å². The molecule has 1 aromatic carbocycles. The van der Waals surface area contributed by atoms with Gasteiger partial charge in [-0.1, -0.05) is 44.2 Å². The first kappa shape index (κ1) is 19.3. The molecule has 0 saturated carbocycles. The van der Waals surface area contributed by atoms with E-state index in [4.69, 9.17) is 4.74 Å². The largest absolute Gasteiger partial charge is 0.444 e. The van der Waals surface area contributed by atoms with Crippen LogP contribution in [0.4, 0.5) is 4.79 Å². The van der Waals surface area contributed by atoms with Crippen molar-refractivity contribution in [3.05, 3.63) is 35.9 Å². The second-order valence-electron chi connectivity index (χ2n) is 7.96. The Hall–Kier alpha value is -2.04. The molecule has 0 aromatic heterocycles. The lowest BCUT2D eigenvalue weighted by Crippen LogP contribution is -2.58. The van der Waals surface area contributed by atoms with Crippen LogP contribution in [-0.2, 0) is 16.0 Å². The summed E-state index contributed by atoms with van der Waals surface area (Å²) in [5, 5.41) is 0. The molecule has 1 atom stereocenters. The van der Waals surface area contributed by atoms with Crippen LogP contribution >= 0.6 is 0 Å². The average molecular weight is 346 g/mol. The molecule has 0 spiro atoms. The molecule has 0 bridgehead atoms. The smallest absolute Gasteiger partial charge is 0.410 e. The van der Waals surface area contributed by atoms with Crippen LogP contribution in [0.5, 0.6) is 0 Å². The highest BCUT2D eigenvalue weighted by Crippen LogP contribution is 2.20. The van der Waals surface area contributed by atoms with E-state index in [9.17, 15) is 9.59 Å². The predicted molar refractivity (Wildman–Crippen MR) is 98.3 cm³/mol. The SMILES string of the molecule is CC(C)C(=O)N1CCN(C(=O)OC(C)(C)C)C(Cc2ccccc2)C1. The molecule has 2 rings (SSSR count). The maximum absolute atomic E-state index is 12.6. The van der Waals surface area contributed by atoms with E-state index in [0.29, 0.717) is 26.1 Å². The van der Waals surface area contributed by atoms with Crippen LogP contribution in [-0.4, -0.2) is 53.1 Å². The van der Waals surface area contributed by atoms with Gasteiger partial charge < -0.3 is 14.5 Å². The van der Waals surface area contributed by atoms with Crippen molar-refractivity contribution in [3.63, 3.8) is 0 Å². The molecule has 2 amide bonds. The van der Waals surface area contributed by atoms with E-state index in [1.165, 1.54) is 0 Å². The Morgan fingerprint density at radius 2 is 1.80 bits per heavy atom. The minimum absolute atomic E-state index is 0.0366. The molecule has 138 valence electrons. The number of amides is 2. The second kappa shape index (κ2) is 7.89. The Kier molecular flexibility index (Phi) is 6.09. The van der Waals surface area contributed by atoms with E-state index in [1.54, 1.807) is 4.90 Å². The summed E-state index contributed by atoms with van der Waals surface area (Å²) in [5.74, 6) is 0.104. The van der Waals surface area contributed by atoms with Crippen molar-refractivity contribution in [1.82, 2.24) is 9.80 Å². The summed E-state index contributed by atoms with van der Waals surface area (Å²) in [6.07, 6.45) is 0.409. The number of carbonyl (C=O) groups is 2. The molecule has 1 aliphatic heterocycles. The van der Waals surface area contributed by atoms with Crippen molar-refractivity contribution in [2.24, 2.45) is 5.92 Å². The summed E-state index contributed by atoms with van der Waals surface area (Å²) >= 11 is 0. The molecule has 1 fully saturated rings. The molecule has 1 aliphatic rings. The first-order valence-corrected chi connectivity index (χ1v) is 8.99. The number of piperazine rings is 1. The second-order valence-corrected chi connectivity index (χ2v) is 7.96. The first-order chi connectivity index (χ1) is 11.7. The Morgan fingerprint density at radius 1 is 1.16 bits per heavy atom. The van der Waals surface area contributed by atoms with Gasteiger partial charge in [0.1, 0.15) is 5.60 Å². The summed E-state index contributed by atoms with van der Waals surface area (Å²) < 4.78 is 5.57. The Labute approximate surface area is 150 Å². The van der Waals surface area contributed by atoms with Crippen molar-refractivity contribution in [2.75, 3.05) is 19.6 Å². The maximum Gasteiger partial charge on any atom is 0.410 e. The Balaban J connectivity index is 2.16. The fraction of sp³-hybridized carbons (Fsp3) is 0.600. The van der Waals surface area contributed by atoms with E-state index >= 15 is 0 Å². The monoisotopic (exact) mass is 346 g/mol. The van der Waals surface area contributed by atoms with E-state index < -0.39 is 5.60 Å². The minimum Gasteiger partial charge on any atom is -0.444 e. The van der Waals surface area contributed by atoms with E-state index in [1.807, 2.05) is 57.7 Å². The number of ether oxygens (including phenoxy) is 1. The highest BCUT2D eigenvalue weighted by molar-refractivity contribution is 5.78. The Bertz CT molecular complexity index is 593. The molecule has 5 heteroatoms. The van der Waals surface area contributed by atoms with Gasteiger partial charge in [-0.25, -0.2) is 4.79 Å². The highest BCUT2D eigenvalue weighted by atomic mass is 16.6. The van der Waals surface area contributed by atoms with E-state index in [-0.39, 0.29) is 24.0 Å². The van der Waals surface area contributed by atoms with Gasteiger partial charge in [0.25, 0.3) is 0 Å². The van der Waals surface area contributed by atoms with Gasteiger partial charge in [-0.05, 0) is 32.8 Å². The molecule has 25 heavy (non-hydrogen) atoms. The van der Waals surface area contributed by atoms with Crippen molar-refractivity contribution < 1.29 is 14.3 Å². The lowest BCUT2D eigenvalue weighted by molar-refractivity contribution is -0.137. The molecule has 0 radical (unpaired) electrons. The van der Waals surface area contributed by atoms with Crippen LogP contribution in [0.1, 0.15) is 40.2 Å². The molecule has 0 N–H and O–H groups in total. The number of rotatable bonds is 3. The third-order valence-corrected chi connectivity index (χ3v) is 4.23. The third kappa shape index (κ3) is 5.48. The highest BCUT2D eigenvalue weighted by Gasteiger charge is 2.35. The minimum atomic E-state index is -0.529. The lowest BCUT2D eigenvalue weighted by Gasteiger charge is -2.42. The van der Waals surface area contributed by atoms with Gasteiger partial charge in [-0.2, -0.15) is 0 Å². The van der Waals surface area contributed by atoms with Crippen LogP contribution < -0.4 is 0 Å². The standard InChI is InChI=1S/C20H30N2O3/c1-15(2)18(23)21-11-12-22(19(24)25-20(3,4)5)17(14-21)13-16-9-7-6-8-10-16/h6-10,15,17H,11-14H2,1-5H3. The number of benzene rings is 1. The summed E-state index contributed by atoms with van der Waals surface area (Å²) in [6.45, 7) is 11.0. The van der Waals surface area contributed by atoms with Gasteiger partial charge in [-0.3, -0.25) is 4.79 Å².